The van der Waals surface area contributed by atoms with E-state index in [0.29, 0.717) is 22.6 Å². The highest BCUT2D eigenvalue weighted by Gasteiger charge is 2.14. The van der Waals surface area contributed by atoms with Gasteiger partial charge in [-0.3, -0.25) is 9.36 Å². The van der Waals surface area contributed by atoms with Gasteiger partial charge in [0.25, 0.3) is 5.56 Å². The van der Waals surface area contributed by atoms with Gasteiger partial charge in [0.1, 0.15) is 0 Å². The van der Waals surface area contributed by atoms with Gasteiger partial charge in [-0.15, -0.1) is 5.10 Å². The summed E-state index contributed by atoms with van der Waals surface area (Å²) in [7, 11) is 0. The largest absolute Gasteiger partial charge is 0.268 e. The van der Waals surface area contributed by atoms with Crippen LogP contribution < -0.4 is 5.56 Å². The summed E-state index contributed by atoms with van der Waals surface area (Å²) < 4.78 is 4.49. The van der Waals surface area contributed by atoms with E-state index in [1.165, 1.54) is 0 Å². The van der Waals surface area contributed by atoms with Crippen molar-refractivity contribution >= 4 is 50.4 Å². The number of fused-ring (bicyclic) bond motifs is 1. The first-order chi connectivity index (χ1) is 17.2. The molecule has 0 atom stereocenters. The number of tetrazole rings is 1. The molecule has 5 aromatic rings. The van der Waals surface area contributed by atoms with Crippen LogP contribution >= 0.6 is 39.5 Å². The van der Waals surface area contributed by atoms with E-state index in [1.807, 2.05) is 71.4 Å². The van der Waals surface area contributed by atoms with E-state index in [-0.39, 0.29) is 5.56 Å². The van der Waals surface area contributed by atoms with Crippen LogP contribution in [0.2, 0.25) is 0 Å². The fourth-order valence-electron chi connectivity index (χ4n) is 3.57. The van der Waals surface area contributed by atoms with Crippen molar-refractivity contribution in [3.8, 4) is 5.69 Å². The van der Waals surface area contributed by atoms with Gasteiger partial charge in [-0.25, -0.2) is 9.67 Å². The zero-order chi connectivity index (χ0) is 24.0. The second-order valence-corrected chi connectivity index (χ2v) is 10.7. The fraction of sp³-hybridized carbons (Fsp3) is 0.160. The molecule has 0 bridgehead atoms. The predicted molar refractivity (Wildman–Crippen MR) is 144 cm³/mol. The molecule has 0 aliphatic heterocycles. The molecule has 0 saturated heterocycles. The third-order valence-corrected chi connectivity index (χ3v) is 7.85. The van der Waals surface area contributed by atoms with E-state index in [9.17, 15) is 4.79 Å². The van der Waals surface area contributed by atoms with Gasteiger partial charge in [0, 0.05) is 16.0 Å². The third-order valence-electron chi connectivity index (χ3n) is 5.25. The lowest BCUT2D eigenvalue weighted by Gasteiger charge is -2.13. The Hall–Kier alpha value is -2.95. The molecule has 2 aromatic heterocycles. The fourth-order valence-corrected chi connectivity index (χ4v) is 5.78. The van der Waals surface area contributed by atoms with Gasteiger partial charge in [0.05, 0.1) is 23.1 Å². The van der Waals surface area contributed by atoms with Crippen LogP contribution in [0.4, 0.5) is 0 Å². The first-order valence-corrected chi connectivity index (χ1v) is 13.8. The summed E-state index contributed by atoms with van der Waals surface area (Å²) in [5.41, 5.74) is 2.61. The van der Waals surface area contributed by atoms with Crippen LogP contribution in [0, 0.1) is 0 Å². The summed E-state index contributed by atoms with van der Waals surface area (Å²) in [6, 6.07) is 25.3. The van der Waals surface area contributed by atoms with Crippen LogP contribution in [0.25, 0.3) is 16.6 Å². The first-order valence-electron chi connectivity index (χ1n) is 11.0. The van der Waals surface area contributed by atoms with E-state index in [2.05, 4.69) is 43.6 Å². The molecule has 0 aliphatic carbocycles. The SMILES string of the molecule is O=c1c2ccccc2nc(SCCCSc2nnnn2Cc2ccccc2)n1-c1ccc(Br)cc1. The molecule has 0 unspecified atom stereocenters. The van der Waals surface area contributed by atoms with Crippen LogP contribution in [0.5, 0.6) is 0 Å². The maximum absolute atomic E-state index is 13.3. The van der Waals surface area contributed by atoms with Crippen molar-refractivity contribution in [1.82, 2.24) is 29.8 Å². The minimum absolute atomic E-state index is 0.0603. The van der Waals surface area contributed by atoms with E-state index in [1.54, 1.807) is 28.1 Å². The minimum Gasteiger partial charge on any atom is -0.268 e. The molecule has 0 saturated carbocycles. The number of aromatic nitrogens is 6. The Balaban J connectivity index is 1.27. The Kier molecular flexibility index (Phi) is 7.60. The molecule has 176 valence electrons. The van der Waals surface area contributed by atoms with Crippen LogP contribution in [0.15, 0.2) is 98.4 Å². The lowest BCUT2D eigenvalue weighted by molar-refractivity contribution is 0.603. The van der Waals surface area contributed by atoms with E-state index >= 15 is 0 Å². The number of benzene rings is 3. The Labute approximate surface area is 219 Å². The first kappa shape index (κ1) is 23.8. The molecule has 0 aliphatic rings. The molecule has 5 rings (SSSR count). The Morgan fingerprint density at radius 3 is 2.34 bits per heavy atom. The highest BCUT2D eigenvalue weighted by molar-refractivity contribution is 9.10. The van der Waals surface area contributed by atoms with Crippen molar-refractivity contribution in [2.45, 2.75) is 23.3 Å². The molecule has 35 heavy (non-hydrogen) atoms. The number of rotatable bonds is 9. The zero-order valence-corrected chi connectivity index (χ0v) is 21.8. The normalized spacial score (nSPS) is 11.2. The van der Waals surface area contributed by atoms with Gasteiger partial charge < -0.3 is 0 Å². The van der Waals surface area contributed by atoms with Gasteiger partial charge >= 0.3 is 0 Å². The highest BCUT2D eigenvalue weighted by Crippen LogP contribution is 2.24. The molecule has 0 spiro atoms. The van der Waals surface area contributed by atoms with E-state index in [4.69, 9.17) is 4.98 Å². The topological polar surface area (TPSA) is 78.5 Å². The monoisotopic (exact) mass is 564 g/mol. The number of thioether (sulfide) groups is 2. The third kappa shape index (κ3) is 5.66. The van der Waals surface area contributed by atoms with Crippen LogP contribution in [-0.4, -0.2) is 41.3 Å². The molecular formula is C25H21BrN6OS2. The second kappa shape index (κ2) is 11.2. The summed E-state index contributed by atoms with van der Waals surface area (Å²) in [4.78, 5) is 18.1. The average molecular weight is 566 g/mol. The summed E-state index contributed by atoms with van der Waals surface area (Å²) in [5.74, 6) is 1.67. The quantitative estimate of drug-likeness (QED) is 0.134. The lowest BCUT2D eigenvalue weighted by atomic mass is 10.2. The Bertz CT molecular complexity index is 1490. The molecule has 2 heterocycles. The number of halogens is 1. The molecule has 7 nitrogen and oxygen atoms in total. The van der Waals surface area contributed by atoms with Gasteiger partial charge in [0.2, 0.25) is 5.16 Å². The van der Waals surface area contributed by atoms with Gasteiger partial charge in [-0.05, 0) is 58.8 Å². The summed E-state index contributed by atoms with van der Waals surface area (Å²) in [6.45, 7) is 0.644. The van der Waals surface area contributed by atoms with Crippen molar-refractivity contribution in [2.75, 3.05) is 11.5 Å². The van der Waals surface area contributed by atoms with Gasteiger partial charge in [-0.2, -0.15) is 0 Å². The number of para-hydroxylation sites is 1. The zero-order valence-electron chi connectivity index (χ0n) is 18.6. The lowest BCUT2D eigenvalue weighted by Crippen LogP contribution is -2.21. The summed E-state index contributed by atoms with van der Waals surface area (Å²) >= 11 is 6.69. The summed E-state index contributed by atoms with van der Waals surface area (Å²) in [5, 5.41) is 14.2. The van der Waals surface area contributed by atoms with Crippen molar-refractivity contribution in [3.63, 3.8) is 0 Å². The van der Waals surface area contributed by atoms with Crippen molar-refractivity contribution in [1.29, 1.82) is 0 Å². The predicted octanol–water partition coefficient (Wildman–Crippen LogP) is 5.46. The molecule has 0 amide bonds. The summed E-state index contributed by atoms with van der Waals surface area (Å²) in [6.07, 6.45) is 0.913. The molecular weight excluding hydrogens is 544 g/mol. The molecule has 10 heteroatoms. The highest BCUT2D eigenvalue weighted by atomic mass is 79.9. The number of hydrogen-bond acceptors (Lipinski definition) is 7. The number of nitrogens with zero attached hydrogens (tertiary/aromatic N) is 6. The number of hydrogen-bond donors (Lipinski definition) is 0. The van der Waals surface area contributed by atoms with E-state index < -0.39 is 0 Å². The Morgan fingerprint density at radius 1 is 0.829 bits per heavy atom. The second-order valence-electron chi connectivity index (χ2n) is 7.68. The maximum Gasteiger partial charge on any atom is 0.266 e. The van der Waals surface area contributed by atoms with E-state index in [0.717, 1.165) is 38.8 Å². The van der Waals surface area contributed by atoms with Crippen molar-refractivity contribution in [2.24, 2.45) is 0 Å². The average Bonchev–Trinajstić information content (AvgIpc) is 3.32. The maximum atomic E-state index is 13.3. The van der Waals surface area contributed by atoms with Gasteiger partial charge in [-0.1, -0.05) is 81.9 Å². The standard InChI is InChI=1S/C25H21BrN6OS2/c26-19-11-13-20(14-12-19)32-23(33)21-9-4-5-10-22(21)27-24(32)34-15-6-16-35-25-28-29-30-31(25)17-18-7-2-1-3-8-18/h1-5,7-14H,6,15-17H2. The molecule has 0 radical (unpaired) electrons. The molecule has 0 N–H and O–H groups in total. The van der Waals surface area contributed by atoms with Crippen molar-refractivity contribution in [3.05, 3.63) is 99.3 Å². The van der Waals surface area contributed by atoms with Crippen LogP contribution in [-0.2, 0) is 6.54 Å². The van der Waals surface area contributed by atoms with Gasteiger partial charge in [0.15, 0.2) is 5.16 Å². The van der Waals surface area contributed by atoms with Crippen LogP contribution in [0.3, 0.4) is 0 Å². The van der Waals surface area contributed by atoms with Crippen molar-refractivity contribution < 1.29 is 0 Å². The van der Waals surface area contributed by atoms with Crippen LogP contribution in [0.1, 0.15) is 12.0 Å². The molecule has 0 fully saturated rings. The smallest absolute Gasteiger partial charge is 0.266 e. The molecule has 3 aromatic carbocycles. The Morgan fingerprint density at radius 2 is 1.54 bits per heavy atom. The minimum atomic E-state index is -0.0603.